The summed E-state index contributed by atoms with van der Waals surface area (Å²) in [5.41, 5.74) is 2.37. The van der Waals surface area contributed by atoms with E-state index in [9.17, 15) is 8.78 Å². The van der Waals surface area contributed by atoms with E-state index >= 15 is 0 Å². The van der Waals surface area contributed by atoms with Gasteiger partial charge in [0.2, 0.25) is 0 Å². The Morgan fingerprint density at radius 3 is 2.40 bits per heavy atom. The Morgan fingerprint density at radius 1 is 1.10 bits per heavy atom. The van der Waals surface area contributed by atoms with Gasteiger partial charge in [-0.05, 0) is 31.7 Å². The molecule has 2 aromatic rings. The van der Waals surface area contributed by atoms with Crippen LogP contribution in [0, 0.1) is 18.6 Å². The monoisotopic (exact) mass is 293 g/mol. The summed E-state index contributed by atoms with van der Waals surface area (Å²) in [5.74, 6) is -0.369. The Balaban J connectivity index is 2.05. The maximum absolute atomic E-state index is 13.6. The van der Waals surface area contributed by atoms with Gasteiger partial charge in [0.25, 0.3) is 0 Å². The molecule has 0 fully saturated rings. The van der Waals surface area contributed by atoms with Crippen LogP contribution in [0.1, 0.15) is 17.2 Å². The quantitative estimate of drug-likeness (QED) is 0.824. The van der Waals surface area contributed by atoms with E-state index in [-0.39, 0.29) is 6.04 Å². The Hall–Kier alpha value is -1.39. The number of hydrogen-bond donors (Lipinski definition) is 1. The minimum atomic E-state index is -0.546. The van der Waals surface area contributed by atoms with Gasteiger partial charge in [0.15, 0.2) is 0 Å². The normalized spacial score (nSPS) is 12.4. The van der Waals surface area contributed by atoms with Gasteiger partial charge in [-0.25, -0.2) is 8.78 Å². The fourth-order valence-electron chi connectivity index (χ4n) is 1.91. The molecule has 106 valence electrons. The van der Waals surface area contributed by atoms with Crippen molar-refractivity contribution in [2.75, 3.05) is 12.8 Å². The van der Waals surface area contributed by atoms with E-state index in [2.05, 4.69) is 29.6 Å². The highest BCUT2D eigenvalue weighted by Crippen LogP contribution is 2.27. The van der Waals surface area contributed by atoms with Crippen molar-refractivity contribution in [3.63, 3.8) is 0 Å². The topological polar surface area (TPSA) is 12.0 Å². The highest BCUT2D eigenvalue weighted by Gasteiger charge is 2.11. The summed E-state index contributed by atoms with van der Waals surface area (Å²) in [5, 5.41) is 3.22. The Labute approximate surface area is 122 Å². The zero-order valence-electron chi connectivity index (χ0n) is 11.5. The van der Waals surface area contributed by atoms with E-state index in [1.165, 1.54) is 29.5 Å². The second-order valence-corrected chi connectivity index (χ2v) is 5.70. The first-order valence-electron chi connectivity index (χ1n) is 6.42. The molecule has 1 atom stereocenters. The molecule has 0 spiro atoms. The largest absolute Gasteiger partial charge is 0.312 e. The molecule has 0 amide bonds. The van der Waals surface area contributed by atoms with Gasteiger partial charge in [0.1, 0.15) is 11.6 Å². The minimum Gasteiger partial charge on any atom is -0.312 e. The minimum absolute atomic E-state index is 0.130. The molecule has 0 aliphatic heterocycles. The lowest BCUT2D eigenvalue weighted by Crippen LogP contribution is -2.18. The van der Waals surface area contributed by atoms with Crippen LogP contribution in [0.3, 0.4) is 0 Å². The molecular formula is C16H17F2NS. The van der Waals surface area contributed by atoms with Crippen molar-refractivity contribution in [2.45, 2.75) is 17.9 Å². The zero-order valence-corrected chi connectivity index (χ0v) is 12.3. The maximum atomic E-state index is 13.6. The van der Waals surface area contributed by atoms with Crippen LogP contribution in [0.15, 0.2) is 47.4 Å². The fraction of sp³-hybridized carbons (Fsp3) is 0.250. The average Bonchev–Trinajstić information content (AvgIpc) is 2.43. The van der Waals surface area contributed by atoms with Crippen molar-refractivity contribution in [2.24, 2.45) is 0 Å². The van der Waals surface area contributed by atoms with Crippen LogP contribution in [0.2, 0.25) is 0 Å². The third-order valence-corrected chi connectivity index (χ3v) is 4.27. The van der Waals surface area contributed by atoms with Crippen molar-refractivity contribution in [3.05, 3.63) is 65.2 Å². The van der Waals surface area contributed by atoms with Crippen LogP contribution in [0.5, 0.6) is 0 Å². The average molecular weight is 293 g/mol. The predicted molar refractivity (Wildman–Crippen MR) is 80.1 cm³/mol. The molecule has 0 aliphatic carbocycles. The van der Waals surface area contributed by atoms with Gasteiger partial charge in [-0.3, -0.25) is 0 Å². The smallest absolute Gasteiger partial charge is 0.139 e. The highest BCUT2D eigenvalue weighted by molar-refractivity contribution is 7.99. The highest BCUT2D eigenvalue weighted by atomic mass is 32.2. The van der Waals surface area contributed by atoms with Crippen molar-refractivity contribution < 1.29 is 8.78 Å². The molecule has 0 aromatic heterocycles. The van der Waals surface area contributed by atoms with Crippen molar-refractivity contribution in [3.8, 4) is 0 Å². The molecule has 1 unspecified atom stereocenters. The molecule has 0 saturated heterocycles. The Kier molecular flexibility index (Phi) is 5.15. The van der Waals surface area contributed by atoms with Crippen molar-refractivity contribution >= 4 is 11.8 Å². The molecule has 0 aliphatic rings. The van der Waals surface area contributed by atoms with E-state index in [1.807, 2.05) is 14.0 Å². The van der Waals surface area contributed by atoms with E-state index in [1.54, 1.807) is 0 Å². The van der Waals surface area contributed by atoms with E-state index in [0.29, 0.717) is 10.6 Å². The summed E-state index contributed by atoms with van der Waals surface area (Å²) in [6.07, 6.45) is 0. The summed E-state index contributed by atoms with van der Waals surface area (Å²) < 4.78 is 26.4. The van der Waals surface area contributed by atoms with Crippen LogP contribution in [0.25, 0.3) is 0 Å². The molecule has 1 N–H and O–H groups in total. The summed E-state index contributed by atoms with van der Waals surface area (Å²) in [6.45, 7) is 2.04. The molecule has 20 heavy (non-hydrogen) atoms. The second-order valence-electron chi connectivity index (χ2n) is 4.64. The lowest BCUT2D eigenvalue weighted by atomic mass is 10.1. The molecule has 0 saturated carbocycles. The lowest BCUT2D eigenvalue weighted by Gasteiger charge is -2.16. The number of thioether (sulfide) groups is 1. The standard InChI is InChI=1S/C16H17F2NS/c1-11-3-5-12(6-4-11)15(19-2)10-20-16-8-7-13(17)9-14(16)18/h3-9,15,19H,10H2,1-2H3. The summed E-state index contributed by atoms with van der Waals surface area (Å²) in [6, 6.07) is 12.1. The van der Waals surface area contributed by atoms with Gasteiger partial charge in [0.05, 0.1) is 0 Å². The summed E-state index contributed by atoms with van der Waals surface area (Å²) >= 11 is 1.38. The van der Waals surface area contributed by atoms with E-state index in [4.69, 9.17) is 0 Å². The molecular weight excluding hydrogens is 276 g/mol. The van der Waals surface area contributed by atoms with Gasteiger partial charge in [-0.1, -0.05) is 29.8 Å². The molecule has 0 heterocycles. The van der Waals surface area contributed by atoms with Gasteiger partial charge in [-0.2, -0.15) is 0 Å². The van der Waals surface area contributed by atoms with Gasteiger partial charge >= 0.3 is 0 Å². The molecule has 0 radical (unpaired) electrons. The molecule has 1 nitrogen and oxygen atoms in total. The predicted octanol–water partition coefficient (Wildman–Crippen LogP) is 4.33. The number of halogens is 2. The summed E-state index contributed by atoms with van der Waals surface area (Å²) in [4.78, 5) is 0.471. The van der Waals surface area contributed by atoms with Crippen molar-refractivity contribution in [1.82, 2.24) is 5.32 Å². The first-order chi connectivity index (χ1) is 9.60. The molecule has 4 heteroatoms. The van der Waals surface area contributed by atoms with E-state index < -0.39 is 11.6 Å². The number of benzene rings is 2. The Bertz CT molecular complexity index is 569. The van der Waals surface area contributed by atoms with Crippen LogP contribution >= 0.6 is 11.8 Å². The number of nitrogens with one attached hydrogen (secondary N) is 1. The number of hydrogen-bond acceptors (Lipinski definition) is 2. The summed E-state index contributed by atoms with van der Waals surface area (Å²) in [7, 11) is 1.88. The van der Waals surface area contributed by atoms with Gasteiger partial charge < -0.3 is 5.32 Å². The van der Waals surface area contributed by atoms with Crippen molar-refractivity contribution in [1.29, 1.82) is 0 Å². The lowest BCUT2D eigenvalue weighted by molar-refractivity contribution is 0.565. The van der Waals surface area contributed by atoms with E-state index in [0.717, 1.165) is 11.6 Å². The third-order valence-electron chi connectivity index (χ3n) is 3.13. The number of rotatable bonds is 5. The van der Waals surface area contributed by atoms with Gasteiger partial charge in [-0.15, -0.1) is 11.8 Å². The van der Waals surface area contributed by atoms with Crippen LogP contribution in [-0.2, 0) is 0 Å². The first-order valence-corrected chi connectivity index (χ1v) is 7.40. The second kappa shape index (κ2) is 6.86. The van der Waals surface area contributed by atoms with Crippen LogP contribution in [-0.4, -0.2) is 12.8 Å². The first kappa shape index (κ1) is 15.0. The maximum Gasteiger partial charge on any atom is 0.139 e. The third kappa shape index (κ3) is 3.81. The molecule has 2 rings (SSSR count). The Morgan fingerprint density at radius 2 is 1.80 bits per heavy atom. The van der Waals surface area contributed by atoms with Crippen LogP contribution < -0.4 is 5.32 Å². The zero-order chi connectivity index (χ0) is 14.5. The SMILES string of the molecule is CNC(CSc1ccc(F)cc1F)c1ccc(C)cc1. The molecule has 0 bridgehead atoms. The number of aryl methyl sites for hydroxylation is 1. The van der Waals surface area contributed by atoms with Crippen LogP contribution in [0.4, 0.5) is 8.78 Å². The van der Waals surface area contributed by atoms with Gasteiger partial charge in [0, 0.05) is 22.8 Å². The fourth-order valence-corrected chi connectivity index (χ4v) is 2.98. The molecule has 2 aromatic carbocycles.